The third kappa shape index (κ3) is 4.81. The SMILES string of the molecule is CCN(CCOC)CCC(N)(C(=O)OC)c1ccccc1. The Morgan fingerprint density at radius 3 is 2.43 bits per heavy atom. The highest BCUT2D eigenvalue weighted by atomic mass is 16.5. The average molecular weight is 294 g/mol. The van der Waals surface area contributed by atoms with Gasteiger partial charge in [-0.15, -0.1) is 0 Å². The van der Waals surface area contributed by atoms with Crippen molar-refractivity contribution < 1.29 is 14.3 Å². The van der Waals surface area contributed by atoms with E-state index in [1.54, 1.807) is 7.11 Å². The minimum atomic E-state index is -1.11. The van der Waals surface area contributed by atoms with Crippen LogP contribution in [0, 0.1) is 0 Å². The topological polar surface area (TPSA) is 64.8 Å². The number of esters is 1. The first-order chi connectivity index (χ1) is 10.1. The molecule has 1 unspecified atom stereocenters. The Morgan fingerprint density at radius 2 is 1.90 bits per heavy atom. The summed E-state index contributed by atoms with van der Waals surface area (Å²) in [6.07, 6.45) is 0.501. The predicted molar refractivity (Wildman–Crippen MR) is 82.9 cm³/mol. The number of carbonyl (C=O) groups is 1. The van der Waals surface area contributed by atoms with Crippen LogP contribution in [0.1, 0.15) is 18.9 Å². The lowest BCUT2D eigenvalue weighted by Gasteiger charge is -2.30. The van der Waals surface area contributed by atoms with Crippen molar-refractivity contribution in [3.8, 4) is 0 Å². The zero-order valence-electron chi connectivity index (χ0n) is 13.2. The number of rotatable bonds is 9. The molecule has 1 atom stereocenters. The van der Waals surface area contributed by atoms with Gasteiger partial charge < -0.3 is 20.1 Å². The van der Waals surface area contributed by atoms with Gasteiger partial charge in [-0.2, -0.15) is 0 Å². The van der Waals surface area contributed by atoms with Gasteiger partial charge in [-0.25, -0.2) is 4.79 Å². The van der Waals surface area contributed by atoms with Crippen molar-refractivity contribution in [2.75, 3.05) is 40.5 Å². The molecule has 0 aromatic heterocycles. The first-order valence-corrected chi connectivity index (χ1v) is 7.22. The van der Waals surface area contributed by atoms with Crippen LogP contribution in [-0.2, 0) is 19.8 Å². The molecule has 21 heavy (non-hydrogen) atoms. The van der Waals surface area contributed by atoms with Crippen LogP contribution >= 0.6 is 0 Å². The van der Waals surface area contributed by atoms with E-state index in [0.717, 1.165) is 18.7 Å². The molecule has 0 radical (unpaired) electrons. The number of likely N-dealkylation sites (N-methyl/N-ethyl adjacent to an activating group) is 1. The van der Waals surface area contributed by atoms with E-state index in [-0.39, 0.29) is 0 Å². The lowest BCUT2D eigenvalue weighted by molar-refractivity contribution is -0.148. The summed E-state index contributed by atoms with van der Waals surface area (Å²) in [7, 11) is 3.05. The van der Waals surface area contributed by atoms with Crippen LogP contribution in [0.4, 0.5) is 0 Å². The van der Waals surface area contributed by atoms with Gasteiger partial charge in [0, 0.05) is 20.2 Å². The van der Waals surface area contributed by atoms with E-state index >= 15 is 0 Å². The molecule has 5 nitrogen and oxygen atoms in total. The van der Waals surface area contributed by atoms with E-state index in [0.29, 0.717) is 19.6 Å². The van der Waals surface area contributed by atoms with Crippen molar-refractivity contribution in [3.63, 3.8) is 0 Å². The molecule has 1 aromatic carbocycles. The van der Waals surface area contributed by atoms with Crippen LogP contribution in [0.5, 0.6) is 0 Å². The fraction of sp³-hybridized carbons (Fsp3) is 0.562. The number of carbonyl (C=O) groups excluding carboxylic acids is 1. The summed E-state index contributed by atoms with van der Waals surface area (Å²) in [5.74, 6) is -0.406. The van der Waals surface area contributed by atoms with Gasteiger partial charge in [-0.1, -0.05) is 37.3 Å². The smallest absolute Gasteiger partial charge is 0.330 e. The Labute approximate surface area is 127 Å². The molecule has 2 N–H and O–H groups in total. The molecule has 1 rings (SSSR count). The summed E-state index contributed by atoms with van der Waals surface area (Å²) in [5.41, 5.74) is 6.04. The maximum absolute atomic E-state index is 12.2. The highest BCUT2D eigenvalue weighted by Crippen LogP contribution is 2.24. The van der Waals surface area contributed by atoms with Gasteiger partial charge in [0.2, 0.25) is 0 Å². The van der Waals surface area contributed by atoms with Crippen LogP contribution < -0.4 is 5.73 Å². The third-order valence-electron chi connectivity index (χ3n) is 3.72. The van der Waals surface area contributed by atoms with Crippen molar-refractivity contribution in [2.24, 2.45) is 5.73 Å². The van der Waals surface area contributed by atoms with Crippen LogP contribution in [-0.4, -0.2) is 51.3 Å². The monoisotopic (exact) mass is 294 g/mol. The number of hydrogen-bond donors (Lipinski definition) is 1. The lowest BCUT2D eigenvalue weighted by Crippen LogP contribution is -2.48. The average Bonchev–Trinajstić information content (AvgIpc) is 2.54. The first kappa shape index (κ1) is 17.6. The van der Waals surface area contributed by atoms with E-state index in [9.17, 15) is 4.79 Å². The Hall–Kier alpha value is -1.43. The molecular weight excluding hydrogens is 268 g/mol. The molecule has 1 aromatic rings. The normalized spacial score (nSPS) is 14.0. The summed E-state index contributed by atoms with van der Waals surface area (Å²) in [5, 5.41) is 0. The number of benzene rings is 1. The maximum Gasteiger partial charge on any atom is 0.330 e. The number of methoxy groups -OCH3 is 2. The zero-order valence-corrected chi connectivity index (χ0v) is 13.2. The molecule has 0 heterocycles. The van der Waals surface area contributed by atoms with E-state index in [4.69, 9.17) is 15.2 Å². The summed E-state index contributed by atoms with van der Waals surface area (Å²) in [6.45, 7) is 5.15. The standard InChI is InChI=1S/C16H26N2O3/c1-4-18(12-13-20-2)11-10-16(17,15(19)21-3)14-8-6-5-7-9-14/h5-9H,4,10-13,17H2,1-3H3. The minimum absolute atomic E-state index is 0.406. The molecule has 118 valence electrons. The second-order valence-electron chi connectivity index (χ2n) is 5.01. The molecule has 0 bridgehead atoms. The molecule has 0 aliphatic rings. The van der Waals surface area contributed by atoms with Gasteiger partial charge in [0.15, 0.2) is 0 Å². The summed E-state index contributed by atoms with van der Waals surface area (Å²) >= 11 is 0. The van der Waals surface area contributed by atoms with Crippen molar-refractivity contribution in [1.82, 2.24) is 4.90 Å². The molecule has 0 saturated heterocycles. The maximum atomic E-state index is 12.2. The second-order valence-corrected chi connectivity index (χ2v) is 5.01. The zero-order chi connectivity index (χ0) is 15.7. The Morgan fingerprint density at radius 1 is 1.24 bits per heavy atom. The summed E-state index contributed by atoms with van der Waals surface area (Å²) < 4.78 is 10.0. The van der Waals surface area contributed by atoms with Crippen molar-refractivity contribution in [1.29, 1.82) is 0 Å². The molecule has 0 aliphatic carbocycles. The highest BCUT2D eigenvalue weighted by Gasteiger charge is 2.37. The predicted octanol–water partition coefficient (Wildman–Crippen LogP) is 1.37. The van der Waals surface area contributed by atoms with Crippen molar-refractivity contribution >= 4 is 5.97 Å². The number of hydrogen-bond acceptors (Lipinski definition) is 5. The van der Waals surface area contributed by atoms with E-state index in [1.807, 2.05) is 30.3 Å². The van der Waals surface area contributed by atoms with Gasteiger partial charge in [0.1, 0.15) is 5.54 Å². The molecule has 0 saturated carbocycles. The number of nitrogens with zero attached hydrogens (tertiary/aromatic N) is 1. The highest BCUT2D eigenvalue weighted by molar-refractivity contribution is 5.82. The van der Waals surface area contributed by atoms with Gasteiger partial charge in [-0.3, -0.25) is 0 Å². The van der Waals surface area contributed by atoms with E-state index < -0.39 is 11.5 Å². The minimum Gasteiger partial charge on any atom is -0.467 e. The lowest BCUT2D eigenvalue weighted by atomic mass is 9.87. The Bertz CT molecular complexity index is 425. The molecule has 0 amide bonds. The van der Waals surface area contributed by atoms with Crippen LogP contribution in [0.25, 0.3) is 0 Å². The molecule has 0 spiro atoms. The van der Waals surface area contributed by atoms with Crippen LogP contribution in [0.15, 0.2) is 30.3 Å². The quantitative estimate of drug-likeness (QED) is 0.697. The number of nitrogens with two attached hydrogens (primary N) is 1. The van der Waals surface area contributed by atoms with Gasteiger partial charge in [-0.05, 0) is 18.5 Å². The van der Waals surface area contributed by atoms with E-state index in [1.165, 1.54) is 7.11 Å². The summed E-state index contributed by atoms with van der Waals surface area (Å²) in [6, 6.07) is 9.38. The largest absolute Gasteiger partial charge is 0.467 e. The second kappa shape index (κ2) is 8.77. The van der Waals surface area contributed by atoms with Crippen LogP contribution in [0.3, 0.4) is 0 Å². The molecular formula is C16H26N2O3. The Balaban J connectivity index is 2.82. The molecule has 0 fully saturated rings. The third-order valence-corrected chi connectivity index (χ3v) is 3.72. The van der Waals surface area contributed by atoms with Gasteiger partial charge in [0.25, 0.3) is 0 Å². The fourth-order valence-corrected chi connectivity index (χ4v) is 2.26. The van der Waals surface area contributed by atoms with Crippen LogP contribution in [0.2, 0.25) is 0 Å². The molecule has 5 heteroatoms. The van der Waals surface area contributed by atoms with Crippen molar-refractivity contribution in [2.45, 2.75) is 18.9 Å². The Kier molecular flexibility index (Phi) is 7.36. The molecule has 0 aliphatic heterocycles. The van der Waals surface area contributed by atoms with Gasteiger partial charge >= 0.3 is 5.97 Å². The van der Waals surface area contributed by atoms with Gasteiger partial charge in [0.05, 0.1) is 13.7 Å². The summed E-state index contributed by atoms with van der Waals surface area (Å²) in [4.78, 5) is 14.4. The van der Waals surface area contributed by atoms with E-state index in [2.05, 4.69) is 11.8 Å². The van der Waals surface area contributed by atoms with Crippen molar-refractivity contribution in [3.05, 3.63) is 35.9 Å². The fourth-order valence-electron chi connectivity index (χ4n) is 2.26. The first-order valence-electron chi connectivity index (χ1n) is 7.22. The number of ether oxygens (including phenoxy) is 2.